The number of benzene rings is 1. The number of allylic oxidation sites excluding steroid dienone is 1. The molecule has 0 aromatic heterocycles. The summed E-state index contributed by atoms with van der Waals surface area (Å²) in [6.45, 7) is 6.24. The van der Waals surface area contributed by atoms with E-state index >= 15 is 0 Å². The van der Waals surface area contributed by atoms with E-state index in [1.165, 1.54) is 0 Å². The molecule has 98 valence electrons. The van der Waals surface area contributed by atoms with Crippen molar-refractivity contribution >= 4 is 21.7 Å². The van der Waals surface area contributed by atoms with Gasteiger partial charge in [0.15, 0.2) is 0 Å². The van der Waals surface area contributed by atoms with Crippen molar-refractivity contribution in [3.8, 4) is 0 Å². The molecule has 1 aromatic rings. The molecule has 2 nitrogen and oxygen atoms in total. The molecular formula is C15H20BrNO. The lowest BCUT2D eigenvalue weighted by molar-refractivity contribution is 0.104. The number of ketones is 1. The van der Waals surface area contributed by atoms with Gasteiger partial charge in [-0.1, -0.05) is 44.2 Å². The van der Waals surface area contributed by atoms with E-state index in [-0.39, 0.29) is 5.78 Å². The van der Waals surface area contributed by atoms with Gasteiger partial charge in [-0.05, 0) is 28.8 Å². The molecule has 0 saturated heterocycles. The van der Waals surface area contributed by atoms with Gasteiger partial charge in [-0.2, -0.15) is 0 Å². The SMILES string of the molecule is CCCN(/C=C(\Br)C(=O)c1ccccc1)CCC. The van der Waals surface area contributed by atoms with Gasteiger partial charge in [0.1, 0.15) is 0 Å². The van der Waals surface area contributed by atoms with Crippen LogP contribution in [0.2, 0.25) is 0 Å². The van der Waals surface area contributed by atoms with Gasteiger partial charge in [0, 0.05) is 24.9 Å². The minimum atomic E-state index is 0.0350. The number of hydrogen-bond acceptors (Lipinski definition) is 2. The highest BCUT2D eigenvalue weighted by Crippen LogP contribution is 2.15. The first-order valence-corrected chi connectivity index (χ1v) is 7.19. The van der Waals surface area contributed by atoms with Crippen LogP contribution in [0, 0.1) is 0 Å². The molecule has 0 atom stereocenters. The number of carbonyl (C=O) groups is 1. The van der Waals surface area contributed by atoms with E-state index in [4.69, 9.17) is 0 Å². The molecule has 3 heteroatoms. The molecule has 18 heavy (non-hydrogen) atoms. The molecule has 0 N–H and O–H groups in total. The number of halogens is 1. The summed E-state index contributed by atoms with van der Waals surface area (Å²) in [6, 6.07) is 9.34. The Balaban J connectivity index is 2.78. The first-order valence-electron chi connectivity index (χ1n) is 6.40. The maximum absolute atomic E-state index is 12.1. The molecule has 1 aromatic carbocycles. The van der Waals surface area contributed by atoms with Crippen molar-refractivity contribution in [2.45, 2.75) is 26.7 Å². The molecule has 0 aliphatic carbocycles. The van der Waals surface area contributed by atoms with E-state index in [2.05, 4.69) is 34.7 Å². The lowest BCUT2D eigenvalue weighted by Gasteiger charge is -2.19. The highest BCUT2D eigenvalue weighted by molar-refractivity contribution is 9.12. The summed E-state index contributed by atoms with van der Waals surface area (Å²) in [5, 5.41) is 0. The minimum absolute atomic E-state index is 0.0350. The Bertz CT molecular complexity index is 394. The van der Waals surface area contributed by atoms with Crippen LogP contribution < -0.4 is 0 Å². The maximum Gasteiger partial charge on any atom is 0.201 e. The van der Waals surface area contributed by atoms with E-state index in [1.54, 1.807) is 0 Å². The molecule has 0 aliphatic rings. The van der Waals surface area contributed by atoms with Crippen LogP contribution in [-0.4, -0.2) is 23.8 Å². The van der Waals surface area contributed by atoms with Crippen molar-refractivity contribution in [1.29, 1.82) is 0 Å². The van der Waals surface area contributed by atoms with Gasteiger partial charge in [0.2, 0.25) is 5.78 Å². The Labute approximate surface area is 118 Å². The van der Waals surface area contributed by atoms with E-state index in [1.807, 2.05) is 36.5 Å². The zero-order valence-electron chi connectivity index (χ0n) is 11.0. The monoisotopic (exact) mass is 309 g/mol. The van der Waals surface area contributed by atoms with Crippen molar-refractivity contribution in [2.24, 2.45) is 0 Å². The highest BCUT2D eigenvalue weighted by atomic mass is 79.9. The topological polar surface area (TPSA) is 20.3 Å². The maximum atomic E-state index is 12.1. The minimum Gasteiger partial charge on any atom is -0.376 e. The Morgan fingerprint density at radius 3 is 2.22 bits per heavy atom. The number of nitrogens with zero attached hydrogens (tertiary/aromatic N) is 1. The average Bonchev–Trinajstić information content (AvgIpc) is 2.39. The summed E-state index contributed by atoms with van der Waals surface area (Å²) in [5.74, 6) is 0.0350. The zero-order chi connectivity index (χ0) is 13.4. The summed E-state index contributed by atoms with van der Waals surface area (Å²) in [5.41, 5.74) is 0.716. The van der Waals surface area contributed by atoms with Crippen LogP contribution in [0.3, 0.4) is 0 Å². The van der Waals surface area contributed by atoms with E-state index < -0.39 is 0 Å². The third-order valence-electron chi connectivity index (χ3n) is 2.57. The summed E-state index contributed by atoms with van der Waals surface area (Å²) in [6.07, 6.45) is 4.08. The molecule has 0 unspecified atom stereocenters. The summed E-state index contributed by atoms with van der Waals surface area (Å²) in [4.78, 5) is 14.3. The zero-order valence-corrected chi connectivity index (χ0v) is 12.6. The van der Waals surface area contributed by atoms with Crippen LogP contribution in [0.4, 0.5) is 0 Å². The van der Waals surface area contributed by atoms with Crippen LogP contribution in [0.15, 0.2) is 41.0 Å². The van der Waals surface area contributed by atoms with Crippen molar-refractivity contribution < 1.29 is 4.79 Å². The number of hydrogen-bond donors (Lipinski definition) is 0. The Kier molecular flexibility index (Phi) is 6.73. The third-order valence-corrected chi connectivity index (χ3v) is 3.14. The Morgan fingerprint density at radius 2 is 1.72 bits per heavy atom. The van der Waals surface area contributed by atoms with Gasteiger partial charge in [0.25, 0.3) is 0 Å². The van der Waals surface area contributed by atoms with Gasteiger partial charge in [-0.15, -0.1) is 0 Å². The van der Waals surface area contributed by atoms with E-state index in [0.717, 1.165) is 25.9 Å². The largest absolute Gasteiger partial charge is 0.376 e. The molecule has 0 spiro atoms. The van der Waals surface area contributed by atoms with Crippen LogP contribution in [0.1, 0.15) is 37.0 Å². The van der Waals surface area contributed by atoms with Gasteiger partial charge in [-0.25, -0.2) is 0 Å². The van der Waals surface area contributed by atoms with Crippen molar-refractivity contribution in [3.63, 3.8) is 0 Å². The van der Waals surface area contributed by atoms with Crippen LogP contribution in [0.5, 0.6) is 0 Å². The predicted octanol–water partition coefficient (Wildman–Crippen LogP) is 4.23. The third kappa shape index (κ3) is 4.65. The molecule has 1 rings (SSSR count). The summed E-state index contributed by atoms with van der Waals surface area (Å²) >= 11 is 3.39. The first kappa shape index (κ1) is 15.0. The lowest BCUT2D eigenvalue weighted by Crippen LogP contribution is -2.20. The standard InChI is InChI=1S/C15H20BrNO/c1-3-10-17(11-4-2)12-14(16)15(18)13-8-6-5-7-9-13/h5-9,12H,3-4,10-11H2,1-2H3/b14-12-. The van der Waals surface area contributed by atoms with Crippen molar-refractivity contribution in [2.75, 3.05) is 13.1 Å². The molecule has 0 bridgehead atoms. The van der Waals surface area contributed by atoms with Gasteiger partial charge in [0.05, 0.1) is 4.48 Å². The highest BCUT2D eigenvalue weighted by Gasteiger charge is 2.10. The number of carbonyl (C=O) groups excluding carboxylic acids is 1. The summed E-state index contributed by atoms with van der Waals surface area (Å²) in [7, 11) is 0. The fourth-order valence-electron chi connectivity index (χ4n) is 1.76. The molecule has 0 radical (unpaired) electrons. The second kappa shape index (κ2) is 8.09. The van der Waals surface area contributed by atoms with Crippen LogP contribution in [-0.2, 0) is 0 Å². The lowest BCUT2D eigenvalue weighted by atomic mass is 10.1. The second-order valence-corrected chi connectivity index (χ2v) is 5.06. The Hall–Kier alpha value is -1.09. The number of rotatable bonds is 7. The molecule has 0 heterocycles. The molecular weight excluding hydrogens is 290 g/mol. The molecule has 0 fully saturated rings. The van der Waals surface area contributed by atoms with E-state index in [9.17, 15) is 4.79 Å². The average molecular weight is 310 g/mol. The molecule has 0 aliphatic heterocycles. The molecule has 0 saturated carbocycles. The summed E-state index contributed by atoms with van der Waals surface area (Å²) < 4.78 is 0.621. The van der Waals surface area contributed by atoms with Gasteiger partial charge in [-0.3, -0.25) is 4.79 Å². The van der Waals surface area contributed by atoms with Crippen LogP contribution >= 0.6 is 15.9 Å². The van der Waals surface area contributed by atoms with Crippen molar-refractivity contribution in [1.82, 2.24) is 4.90 Å². The quantitative estimate of drug-likeness (QED) is 0.555. The first-order chi connectivity index (χ1) is 8.69. The van der Waals surface area contributed by atoms with Gasteiger partial charge < -0.3 is 4.90 Å². The Morgan fingerprint density at radius 1 is 1.17 bits per heavy atom. The smallest absolute Gasteiger partial charge is 0.201 e. The fraction of sp³-hybridized carbons (Fsp3) is 0.400. The van der Waals surface area contributed by atoms with E-state index in [0.29, 0.717) is 10.0 Å². The number of Topliss-reactive ketones (excluding diaryl/α,β-unsaturated/α-hetero) is 1. The molecule has 0 amide bonds. The fourth-order valence-corrected chi connectivity index (χ4v) is 2.28. The predicted molar refractivity (Wildman–Crippen MR) is 79.9 cm³/mol. The second-order valence-electron chi connectivity index (χ2n) is 4.21. The van der Waals surface area contributed by atoms with Crippen molar-refractivity contribution in [3.05, 3.63) is 46.6 Å². The van der Waals surface area contributed by atoms with Crippen LogP contribution in [0.25, 0.3) is 0 Å². The van der Waals surface area contributed by atoms with Gasteiger partial charge >= 0.3 is 0 Å². The normalized spacial score (nSPS) is 11.4.